The van der Waals surface area contributed by atoms with Gasteiger partial charge in [-0.25, -0.2) is 4.79 Å². The van der Waals surface area contributed by atoms with Gasteiger partial charge in [0.05, 0.1) is 5.56 Å². The molecule has 2 heterocycles. The third-order valence-corrected chi connectivity index (χ3v) is 4.61. The molecule has 0 radical (unpaired) electrons. The quantitative estimate of drug-likeness (QED) is 0.642. The first-order chi connectivity index (χ1) is 13.4. The number of hydrogen-bond donors (Lipinski definition) is 2. The van der Waals surface area contributed by atoms with Gasteiger partial charge in [0.2, 0.25) is 0 Å². The lowest BCUT2D eigenvalue weighted by Crippen LogP contribution is -2.41. The molecule has 2 aromatic rings. The van der Waals surface area contributed by atoms with Crippen LogP contribution in [0.3, 0.4) is 0 Å². The molecule has 152 valence electrons. The van der Waals surface area contributed by atoms with Crippen LogP contribution in [0.4, 0.5) is 11.5 Å². The molecule has 1 amide bonds. The molecule has 0 aromatic carbocycles. The summed E-state index contributed by atoms with van der Waals surface area (Å²) < 4.78 is 1.33. The van der Waals surface area contributed by atoms with E-state index in [2.05, 4.69) is 16.9 Å². The van der Waals surface area contributed by atoms with E-state index in [1.165, 1.54) is 15.7 Å². The van der Waals surface area contributed by atoms with E-state index in [9.17, 15) is 14.4 Å². The van der Waals surface area contributed by atoms with Crippen molar-refractivity contribution in [2.24, 2.45) is 0 Å². The molecule has 0 aliphatic heterocycles. The molecule has 0 aliphatic rings. The Kier molecular flexibility index (Phi) is 7.54. The van der Waals surface area contributed by atoms with Crippen LogP contribution in [0.25, 0.3) is 0 Å². The number of aryl methyl sites for hydroxylation is 1. The minimum atomic E-state index is -0.653. The number of nitrogens with one attached hydrogen (secondary N) is 1. The van der Waals surface area contributed by atoms with E-state index in [0.717, 1.165) is 31.4 Å². The second-order valence-electron chi connectivity index (χ2n) is 6.85. The zero-order valence-corrected chi connectivity index (χ0v) is 16.8. The van der Waals surface area contributed by atoms with Crippen LogP contribution in [0.1, 0.15) is 62.0 Å². The summed E-state index contributed by atoms with van der Waals surface area (Å²) in [6.45, 7) is 6.61. The van der Waals surface area contributed by atoms with Gasteiger partial charge in [0, 0.05) is 25.0 Å². The van der Waals surface area contributed by atoms with Crippen LogP contribution in [0.15, 0.2) is 27.9 Å². The van der Waals surface area contributed by atoms with Crippen LogP contribution in [0.5, 0.6) is 0 Å². The fourth-order valence-electron chi connectivity index (χ4n) is 2.96. The normalized spacial score (nSPS) is 10.8. The summed E-state index contributed by atoms with van der Waals surface area (Å²) in [6.07, 6.45) is 5.69. The number of H-pyrrole nitrogens is 1. The lowest BCUT2D eigenvalue weighted by atomic mass is 10.2. The van der Waals surface area contributed by atoms with Crippen molar-refractivity contribution in [3.05, 3.63) is 50.4 Å². The molecule has 0 bridgehead atoms. The Morgan fingerprint density at radius 2 is 1.89 bits per heavy atom. The van der Waals surface area contributed by atoms with Crippen molar-refractivity contribution >= 4 is 17.4 Å². The molecule has 28 heavy (non-hydrogen) atoms. The number of carbonyl (C=O) groups excluding carboxylic acids is 1. The van der Waals surface area contributed by atoms with Gasteiger partial charge in [0.15, 0.2) is 5.69 Å². The first-order valence-corrected chi connectivity index (χ1v) is 9.77. The number of anilines is 2. The Morgan fingerprint density at radius 3 is 2.50 bits per heavy atom. The fourth-order valence-corrected chi connectivity index (χ4v) is 2.96. The summed E-state index contributed by atoms with van der Waals surface area (Å²) in [6, 6.07) is 3.42. The van der Waals surface area contributed by atoms with Gasteiger partial charge in [-0.05, 0) is 31.9 Å². The second-order valence-corrected chi connectivity index (χ2v) is 6.85. The van der Waals surface area contributed by atoms with Gasteiger partial charge in [-0.15, -0.1) is 0 Å². The van der Waals surface area contributed by atoms with E-state index < -0.39 is 11.2 Å². The van der Waals surface area contributed by atoms with Gasteiger partial charge in [-0.1, -0.05) is 33.1 Å². The monoisotopic (exact) mass is 387 g/mol. The number of carbonyl (C=O) groups is 1. The summed E-state index contributed by atoms with van der Waals surface area (Å²) in [5.41, 5.74) is 6.18. The van der Waals surface area contributed by atoms with Crippen LogP contribution < -0.4 is 21.9 Å². The molecule has 0 saturated carbocycles. The SMILES string of the molecule is CCCCCN(C(=O)c1ccc(C)nc1)c1c(N)n(CCCC)c(=O)[nH]c1=O. The highest BCUT2D eigenvalue weighted by molar-refractivity contribution is 6.07. The van der Waals surface area contributed by atoms with Crippen LogP contribution in [0.2, 0.25) is 0 Å². The highest BCUT2D eigenvalue weighted by Crippen LogP contribution is 2.20. The molecule has 8 nitrogen and oxygen atoms in total. The maximum atomic E-state index is 13.2. The van der Waals surface area contributed by atoms with Gasteiger partial charge >= 0.3 is 5.69 Å². The van der Waals surface area contributed by atoms with Crippen molar-refractivity contribution in [3.8, 4) is 0 Å². The Balaban J connectivity index is 2.53. The first kappa shape index (κ1) is 21.4. The number of unbranched alkanes of at least 4 members (excludes halogenated alkanes) is 3. The zero-order valence-electron chi connectivity index (χ0n) is 16.8. The third kappa shape index (κ3) is 4.88. The Bertz CT molecular complexity index is 915. The van der Waals surface area contributed by atoms with Crippen LogP contribution in [-0.2, 0) is 6.54 Å². The maximum Gasteiger partial charge on any atom is 0.330 e. The van der Waals surface area contributed by atoms with Crippen LogP contribution in [-0.4, -0.2) is 27.0 Å². The topological polar surface area (TPSA) is 114 Å². The lowest BCUT2D eigenvalue weighted by Gasteiger charge is -2.24. The van der Waals surface area contributed by atoms with Gasteiger partial charge in [0.25, 0.3) is 11.5 Å². The number of nitrogen functional groups attached to an aromatic ring is 1. The summed E-state index contributed by atoms with van der Waals surface area (Å²) in [7, 11) is 0. The average Bonchev–Trinajstić information content (AvgIpc) is 2.66. The minimum absolute atomic E-state index is 0.0205. The van der Waals surface area contributed by atoms with E-state index in [-0.39, 0.29) is 17.4 Å². The molecular weight excluding hydrogens is 358 g/mol. The second kappa shape index (κ2) is 9.87. The minimum Gasteiger partial charge on any atom is -0.383 e. The number of aromatic nitrogens is 3. The number of nitrogens with two attached hydrogens (primary N) is 1. The van der Waals surface area contributed by atoms with Gasteiger partial charge < -0.3 is 10.6 Å². The highest BCUT2D eigenvalue weighted by atomic mass is 16.2. The summed E-state index contributed by atoms with van der Waals surface area (Å²) in [4.78, 5) is 45.8. The molecule has 0 unspecified atom stereocenters. The molecule has 0 fully saturated rings. The van der Waals surface area contributed by atoms with Crippen LogP contribution >= 0.6 is 0 Å². The zero-order chi connectivity index (χ0) is 20.7. The van der Waals surface area contributed by atoms with Crippen molar-refractivity contribution in [1.29, 1.82) is 0 Å². The number of nitrogens with zero attached hydrogens (tertiary/aromatic N) is 3. The molecule has 0 aliphatic carbocycles. The van der Waals surface area contributed by atoms with Crippen LogP contribution in [0, 0.1) is 6.92 Å². The Hall–Kier alpha value is -2.90. The summed E-state index contributed by atoms with van der Waals surface area (Å²) in [5.74, 6) is -0.339. The number of amides is 1. The van der Waals surface area contributed by atoms with Crippen molar-refractivity contribution < 1.29 is 4.79 Å². The number of hydrogen-bond acceptors (Lipinski definition) is 5. The van der Waals surface area contributed by atoms with Gasteiger partial charge in [-0.2, -0.15) is 0 Å². The molecule has 2 aromatic heterocycles. The van der Waals surface area contributed by atoms with E-state index in [0.29, 0.717) is 25.1 Å². The lowest BCUT2D eigenvalue weighted by molar-refractivity contribution is 0.0985. The molecule has 3 N–H and O–H groups in total. The molecular formula is C20H29N5O3. The first-order valence-electron chi connectivity index (χ1n) is 9.77. The Labute approximate surface area is 164 Å². The fraction of sp³-hybridized carbons (Fsp3) is 0.500. The predicted octanol–water partition coefficient (Wildman–Crippen LogP) is 2.46. The number of pyridine rings is 1. The van der Waals surface area contributed by atoms with Crippen molar-refractivity contribution in [1.82, 2.24) is 14.5 Å². The number of rotatable bonds is 9. The highest BCUT2D eigenvalue weighted by Gasteiger charge is 2.25. The van der Waals surface area contributed by atoms with E-state index >= 15 is 0 Å². The smallest absolute Gasteiger partial charge is 0.330 e. The average molecular weight is 387 g/mol. The van der Waals surface area contributed by atoms with Crippen molar-refractivity contribution in [2.45, 2.75) is 59.4 Å². The Morgan fingerprint density at radius 1 is 1.18 bits per heavy atom. The largest absolute Gasteiger partial charge is 0.383 e. The van der Waals surface area contributed by atoms with E-state index in [1.54, 1.807) is 12.1 Å². The molecule has 8 heteroatoms. The number of aromatic amines is 1. The van der Waals surface area contributed by atoms with Crippen molar-refractivity contribution in [2.75, 3.05) is 17.2 Å². The predicted molar refractivity (Wildman–Crippen MR) is 111 cm³/mol. The van der Waals surface area contributed by atoms with E-state index in [1.807, 2.05) is 13.8 Å². The molecule has 2 rings (SSSR count). The van der Waals surface area contributed by atoms with Gasteiger partial charge in [-0.3, -0.25) is 24.1 Å². The van der Waals surface area contributed by atoms with Gasteiger partial charge in [0.1, 0.15) is 5.82 Å². The molecule has 0 saturated heterocycles. The maximum absolute atomic E-state index is 13.2. The summed E-state index contributed by atoms with van der Waals surface area (Å²) >= 11 is 0. The standard InChI is InChI=1S/C20H29N5O3/c1-4-6-8-12-24(19(27)15-10-9-14(3)22-13-15)16-17(21)25(11-7-5-2)20(28)23-18(16)26/h9-10,13H,4-8,11-12,21H2,1-3H3,(H,23,26,28). The van der Waals surface area contributed by atoms with E-state index in [4.69, 9.17) is 5.73 Å². The molecule has 0 atom stereocenters. The van der Waals surface area contributed by atoms with Crippen molar-refractivity contribution in [3.63, 3.8) is 0 Å². The summed E-state index contributed by atoms with van der Waals surface area (Å²) in [5, 5.41) is 0. The third-order valence-electron chi connectivity index (χ3n) is 4.61. The molecule has 0 spiro atoms.